The largest absolute Gasteiger partial charge is 0.494 e. The summed E-state index contributed by atoms with van der Waals surface area (Å²) in [6.07, 6.45) is 1.16. The highest BCUT2D eigenvalue weighted by Crippen LogP contribution is 2.27. The van der Waals surface area contributed by atoms with Crippen LogP contribution < -0.4 is 14.4 Å². The molecule has 0 bridgehead atoms. The molecule has 1 aliphatic rings. The maximum Gasteiger partial charge on any atom is 0.190 e. The van der Waals surface area contributed by atoms with Gasteiger partial charge in [-0.1, -0.05) is 6.07 Å². The Kier molecular flexibility index (Phi) is 6.29. The zero-order valence-electron chi connectivity index (χ0n) is 15.4. The van der Waals surface area contributed by atoms with Crippen LogP contribution in [0, 0.1) is 13.8 Å². The van der Waals surface area contributed by atoms with Gasteiger partial charge in [-0.25, -0.2) is 4.99 Å². The summed E-state index contributed by atoms with van der Waals surface area (Å²) in [7, 11) is 1.70. The lowest BCUT2D eigenvalue weighted by atomic mass is 10.2. The van der Waals surface area contributed by atoms with E-state index in [2.05, 4.69) is 35.9 Å². The second-order valence-electron chi connectivity index (χ2n) is 6.56. The Morgan fingerprint density at radius 2 is 2.08 bits per heavy atom. The number of ether oxygens (including phenoxy) is 2. The molecule has 2 heterocycles. The molecular formula is C19H28N3O2S+. The molecule has 6 heteroatoms. The predicted molar refractivity (Wildman–Crippen MR) is 101 cm³/mol. The van der Waals surface area contributed by atoms with Crippen LogP contribution in [0.5, 0.6) is 5.75 Å². The maximum absolute atomic E-state index is 5.47. The third-order valence-electron chi connectivity index (χ3n) is 4.65. The molecule has 0 unspecified atom stereocenters. The first kappa shape index (κ1) is 18.2. The van der Waals surface area contributed by atoms with E-state index in [-0.39, 0.29) is 0 Å². The molecular weight excluding hydrogens is 334 g/mol. The first-order valence-corrected chi connectivity index (χ1v) is 9.81. The Balaban J connectivity index is 1.76. The van der Waals surface area contributed by atoms with Crippen LogP contribution in [0.4, 0.5) is 5.69 Å². The summed E-state index contributed by atoms with van der Waals surface area (Å²) in [6.45, 7) is 10.5. The van der Waals surface area contributed by atoms with Crippen molar-refractivity contribution >= 4 is 17.0 Å². The van der Waals surface area contributed by atoms with E-state index < -0.39 is 0 Å². The van der Waals surface area contributed by atoms with Crippen molar-refractivity contribution in [2.75, 3.05) is 40.0 Å². The number of benzene rings is 1. The monoisotopic (exact) mass is 362 g/mol. The second kappa shape index (κ2) is 8.65. The Bertz CT molecular complexity index is 760. The summed E-state index contributed by atoms with van der Waals surface area (Å²) in [5.41, 5.74) is 3.36. The van der Waals surface area contributed by atoms with Gasteiger partial charge >= 0.3 is 0 Å². The second-order valence-corrected chi connectivity index (χ2v) is 7.40. The van der Waals surface area contributed by atoms with Crippen molar-refractivity contribution < 1.29 is 14.4 Å². The van der Waals surface area contributed by atoms with Gasteiger partial charge in [0.25, 0.3) is 0 Å². The molecule has 136 valence electrons. The smallest absolute Gasteiger partial charge is 0.190 e. The zero-order valence-corrected chi connectivity index (χ0v) is 16.2. The van der Waals surface area contributed by atoms with E-state index in [4.69, 9.17) is 14.5 Å². The normalized spacial score (nSPS) is 16.4. The third-order valence-corrected chi connectivity index (χ3v) is 5.64. The van der Waals surface area contributed by atoms with E-state index in [0.717, 1.165) is 55.5 Å². The maximum atomic E-state index is 5.47. The minimum atomic E-state index is 0.820. The number of nitrogens with zero attached hydrogens (tertiary/aromatic N) is 2. The molecule has 1 saturated heterocycles. The lowest BCUT2D eigenvalue weighted by molar-refractivity contribution is -0.908. The van der Waals surface area contributed by atoms with E-state index >= 15 is 0 Å². The Morgan fingerprint density at radius 3 is 2.84 bits per heavy atom. The van der Waals surface area contributed by atoms with Gasteiger partial charge in [-0.3, -0.25) is 0 Å². The van der Waals surface area contributed by atoms with E-state index in [1.54, 1.807) is 23.3 Å². The Hall–Kier alpha value is -1.63. The van der Waals surface area contributed by atoms with Crippen LogP contribution in [-0.4, -0.2) is 44.5 Å². The van der Waals surface area contributed by atoms with Crippen LogP contribution in [-0.2, 0) is 11.3 Å². The summed E-state index contributed by atoms with van der Waals surface area (Å²) in [5, 5.41) is 2.18. The molecule has 0 amide bonds. The van der Waals surface area contributed by atoms with Gasteiger partial charge in [0.05, 0.1) is 26.9 Å². The third kappa shape index (κ3) is 4.71. The molecule has 5 nitrogen and oxygen atoms in total. The van der Waals surface area contributed by atoms with Crippen molar-refractivity contribution in [3.8, 4) is 5.75 Å². The summed E-state index contributed by atoms with van der Waals surface area (Å²) in [6, 6.07) is 6.12. The fourth-order valence-electron chi connectivity index (χ4n) is 3.16. The number of aromatic nitrogens is 1. The van der Waals surface area contributed by atoms with Crippen LogP contribution in [0.1, 0.15) is 17.7 Å². The minimum Gasteiger partial charge on any atom is -0.494 e. The van der Waals surface area contributed by atoms with Crippen molar-refractivity contribution in [1.29, 1.82) is 0 Å². The quantitative estimate of drug-likeness (QED) is 0.850. The minimum absolute atomic E-state index is 0.820. The van der Waals surface area contributed by atoms with Crippen molar-refractivity contribution in [2.24, 2.45) is 4.99 Å². The highest BCUT2D eigenvalue weighted by molar-refractivity contribution is 7.07. The molecule has 1 aromatic heterocycles. The van der Waals surface area contributed by atoms with Crippen molar-refractivity contribution in [1.82, 2.24) is 4.57 Å². The molecule has 1 aromatic carbocycles. The first-order chi connectivity index (χ1) is 12.2. The van der Waals surface area contributed by atoms with E-state index in [1.807, 2.05) is 6.07 Å². The molecule has 0 aliphatic carbocycles. The van der Waals surface area contributed by atoms with Crippen LogP contribution in [0.3, 0.4) is 0 Å². The predicted octanol–water partition coefficient (Wildman–Crippen LogP) is 1.71. The van der Waals surface area contributed by atoms with Gasteiger partial charge in [-0.05, 0) is 31.5 Å². The van der Waals surface area contributed by atoms with Crippen LogP contribution in [0.25, 0.3) is 0 Å². The van der Waals surface area contributed by atoms with Crippen LogP contribution >= 0.6 is 11.3 Å². The fraction of sp³-hybridized carbons (Fsp3) is 0.526. The number of hydrogen-bond donors (Lipinski definition) is 1. The van der Waals surface area contributed by atoms with Gasteiger partial charge in [0.15, 0.2) is 4.80 Å². The number of thiazole rings is 1. The molecule has 1 fully saturated rings. The molecule has 0 spiro atoms. The van der Waals surface area contributed by atoms with Crippen molar-refractivity contribution in [2.45, 2.75) is 26.8 Å². The number of morpholine rings is 1. The topological polar surface area (TPSA) is 40.2 Å². The fourth-order valence-corrected chi connectivity index (χ4v) is 4.08. The van der Waals surface area contributed by atoms with Crippen LogP contribution in [0.2, 0.25) is 0 Å². The number of nitrogens with one attached hydrogen (secondary N) is 1. The summed E-state index contributed by atoms with van der Waals surface area (Å²) in [5.74, 6) is 0.820. The van der Waals surface area contributed by atoms with Gasteiger partial charge in [0.1, 0.15) is 24.5 Å². The Morgan fingerprint density at radius 1 is 1.28 bits per heavy atom. The van der Waals surface area contributed by atoms with Gasteiger partial charge in [-0.2, -0.15) is 0 Å². The average molecular weight is 363 g/mol. The molecule has 2 aromatic rings. The van der Waals surface area contributed by atoms with Gasteiger partial charge in [-0.15, -0.1) is 11.3 Å². The number of rotatable bonds is 6. The summed E-state index contributed by atoms with van der Waals surface area (Å²) in [4.78, 5) is 7.58. The molecule has 0 atom stereocenters. The average Bonchev–Trinajstić information content (AvgIpc) is 2.96. The van der Waals surface area contributed by atoms with E-state index in [1.165, 1.54) is 17.8 Å². The van der Waals surface area contributed by atoms with Gasteiger partial charge in [0.2, 0.25) is 0 Å². The van der Waals surface area contributed by atoms with Crippen molar-refractivity contribution in [3.63, 3.8) is 0 Å². The lowest BCUT2D eigenvalue weighted by Crippen LogP contribution is -3.14. The number of methoxy groups -OCH3 is 1. The molecule has 25 heavy (non-hydrogen) atoms. The van der Waals surface area contributed by atoms with Crippen molar-refractivity contribution in [3.05, 3.63) is 39.6 Å². The first-order valence-electron chi connectivity index (χ1n) is 8.93. The number of hydrogen-bond acceptors (Lipinski definition) is 4. The standard InChI is InChI=1S/C19H27N3O2S/c1-15-5-6-18(23-3)17(13-15)20-19-22(16(2)14-25-19)8-4-7-21-9-11-24-12-10-21/h5-6,13-14H,4,7-12H2,1-3H3/p+1. The molecule has 3 rings (SSSR count). The summed E-state index contributed by atoms with van der Waals surface area (Å²) >= 11 is 1.70. The molecule has 1 aliphatic heterocycles. The highest BCUT2D eigenvalue weighted by Gasteiger charge is 2.13. The SMILES string of the molecule is COc1ccc(C)cc1N=c1scc(C)n1CCC[NH+]1CCOCC1. The number of quaternary nitrogens is 1. The molecule has 0 radical (unpaired) electrons. The van der Waals surface area contributed by atoms with Gasteiger partial charge in [0, 0.05) is 24.0 Å². The molecule has 1 N–H and O–H groups in total. The van der Waals surface area contributed by atoms with E-state index in [9.17, 15) is 0 Å². The highest BCUT2D eigenvalue weighted by atomic mass is 32.1. The Labute approximate surface area is 153 Å². The summed E-state index contributed by atoms with van der Waals surface area (Å²) < 4.78 is 13.2. The zero-order chi connectivity index (χ0) is 17.6. The van der Waals surface area contributed by atoms with Crippen LogP contribution in [0.15, 0.2) is 28.6 Å². The van der Waals surface area contributed by atoms with Gasteiger partial charge < -0.3 is 18.9 Å². The number of aryl methyl sites for hydroxylation is 2. The van der Waals surface area contributed by atoms with E-state index in [0.29, 0.717) is 0 Å². The lowest BCUT2D eigenvalue weighted by Gasteiger charge is -2.23. The molecule has 0 saturated carbocycles.